The SMILES string of the molecule is COc1ccc2c(c1)COCC21CC(C)=CN1S(=O)(=O)c1ccc(C)cc1. The summed E-state index contributed by atoms with van der Waals surface area (Å²) in [5.74, 6) is 0.741. The molecule has 0 radical (unpaired) electrons. The number of ether oxygens (including phenoxy) is 2. The van der Waals surface area contributed by atoms with Crippen LogP contribution in [0.1, 0.15) is 30.0 Å². The van der Waals surface area contributed by atoms with Gasteiger partial charge in [0.2, 0.25) is 0 Å². The van der Waals surface area contributed by atoms with Crippen LogP contribution >= 0.6 is 0 Å². The Hall–Kier alpha value is -2.31. The number of methoxy groups -OCH3 is 1. The first-order chi connectivity index (χ1) is 12.9. The summed E-state index contributed by atoms with van der Waals surface area (Å²) in [5.41, 5.74) is 3.23. The fraction of sp³-hybridized carbons (Fsp3) is 0.333. The van der Waals surface area contributed by atoms with Crippen molar-refractivity contribution in [3.8, 4) is 5.75 Å². The van der Waals surface area contributed by atoms with E-state index >= 15 is 0 Å². The second-order valence-corrected chi connectivity index (χ2v) is 9.13. The van der Waals surface area contributed by atoms with E-state index in [1.54, 1.807) is 25.4 Å². The molecule has 2 aliphatic heterocycles. The van der Waals surface area contributed by atoms with Gasteiger partial charge in [0.05, 0.1) is 25.2 Å². The van der Waals surface area contributed by atoms with Gasteiger partial charge in [0, 0.05) is 12.6 Å². The van der Waals surface area contributed by atoms with E-state index in [2.05, 4.69) is 0 Å². The number of hydrogen-bond donors (Lipinski definition) is 0. The van der Waals surface area contributed by atoms with E-state index in [0.29, 0.717) is 24.5 Å². The third-order valence-corrected chi connectivity index (χ3v) is 7.16. The Kier molecular flexibility index (Phi) is 4.28. The summed E-state index contributed by atoms with van der Waals surface area (Å²) < 4.78 is 39.7. The van der Waals surface area contributed by atoms with Gasteiger partial charge in [-0.25, -0.2) is 8.42 Å². The van der Waals surface area contributed by atoms with Crippen LogP contribution in [0.2, 0.25) is 0 Å². The van der Waals surface area contributed by atoms with Gasteiger partial charge >= 0.3 is 0 Å². The molecule has 6 heteroatoms. The van der Waals surface area contributed by atoms with Crippen LogP contribution in [-0.2, 0) is 26.9 Å². The first kappa shape index (κ1) is 18.1. The summed E-state index contributed by atoms with van der Waals surface area (Å²) in [6.45, 7) is 4.68. The highest BCUT2D eigenvalue weighted by atomic mass is 32.2. The number of fused-ring (bicyclic) bond motifs is 2. The molecule has 2 heterocycles. The summed E-state index contributed by atoms with van der Waals surface area (Å²) in [7, 11) is -2.09. The number of hydrogen-bond acceptors (Lipinski definition) is 4. The predicted octanol–water partition coefficient (Wildman–Crippen LogP) is 3.73. The molecule has 0 bridgehead atoms. The molecule has 0 N–H and O–H groups in total. The van der Waals surface area contributed by atoms with Gasteiger partial charge in [-0.1, -0.05) is 29.3 Å². The maximum atomic E-state index is 13.5. The molecule has 1 unspecified atom stereocenters. The van der Waals surface area contributed by atoms with Gasteiger partial charge in [0.15, 0.2) is 0 Å². The molecule has 0 saturated carbocycles. The summed E-state index contributed by atoms with van der Waals surface area (Å²) >= 11 is 0. The molecule has 4 rings (SSSR count). The molecule has 0 saturated heterocycles. The zero-order valence-corrected chi connectivity index (χ0v) is 16.5. The maximum absolute atomic E-state index is 13.5. The summed E-state index contributed by atoms with van der Waals surface area (Å²) in [6.07, 6.45) is 2.36. The minimum absolute atomic E-state index is 0.291. The van der Waals surface area contributed by atoms with Crippen molar-refractivity contribution in [1.82, 2.24) is 4.31 Å². The van der Waals surface area contributed by atoms with Crippen molar-refractivity contribution in [2.75, 3.05) is 13.7 Å². The Balaban J connectivity index is 1.86. The smallest absolute Gasteiger partial charge is 0.264 e. The van der Waals surface area contributed by atoms with Crippen molar-refractivity contribution >= 4 is 10.0 Å². The van der Waals surface area contributed by atoms with Crippen molar-refractivity contribution in [2.45, 2.75) is 37.3 Å². The van der Waals surface area contributed by atoms with Crippen molar-refractivity contribution in [3.63, 3.8) is 0 Å². The molecule has 27 heavy (non-hydrogen) atoms. The zero-order valence-electron chi connectivity index (χ0n) is 15.7. The van der Waals surface area contributed by atoms with Crippen LogP contribution in [0.4, 0.5) is 0 Å². The van der Waals surface area contributed by atoms with Crippen LogP contribution in [0.25, 0.3) is 0 Å². The third-order valence-electron chi connectivity index (χ3n) is 5.32. The normalized spacial score (nSPS) is 21.9. The monoisotopic (exact) mass is 385 g/mol. The molecule has 0 aliphatic carbocycles. The molecule has 2 aliphatic rings. The van der Waals surface area contributed by atoms with Crippen LogP contribution in [0.15, 0.2) is 59.1 Å². The lowest BCUT2D eigenvalue weighted by Crippen LogP contribution is -2.49. The second-order valence-electron chi connectivity index (χ2n) is 7.31. The second kappa shape index (κ2) is 6.39. The van der Waals surface area contributed by atoms with Crippen molar-refractivity contribution in [1.29, 1.82) is 0 Å². The van der Waals surface area contributed by atoms with Crippen molar-refractivity contribution in [2.24, 2.45) is 0 Å². The number of benzene rings is 2. The van der Waals surface area contributed by atoms with E-state index < -0.39 is 15.6 Å². The maximum Gasteiger partial charge on any atom is 0.264 e. The molecule has 142 valence electrons. The summed E-state index contributed by atoms with van der Waals surface area (Å²) in [6, 6.07) is 12.8. The lowest BCUT2D eigenvalue weighted by molar-refractivity contribution is 0.0196. The Labute approximate surface area is 160 Å². The average molecular weight is 385 g/mol. The first-order valence-corrected chi connectivity index (χ1v) is 10.3. The van der Waals surface area contributed by atoms with E-state index in [4.69, 9.17) is 9.47 Å². The fourth-order valence-corrected chi connectivity index (χ4v) is 5.74. The molecular weight excluding hydrogens is 362 g/mol. The Bertz CT molecular complexity index is 1010. The molecule has 0 aromatic heterocycles. The number of aryl methyl sites for hydroxylation is 1. The van der Waals surface area contributed by atoms with Gasteiger partial charge in [-0.2, -0.15) is 0 Å². The van der Waals surface area contributed by atoms with Crippen molar-refractivity contribution < 1.29 is 17.9 Å². The van der Waals surface area contributed by atoms with Gasteiger partial charge < -0.3 is 9.47 Å². The van der Waals surface area contributed by atoms with Crippen LogP contribution in [-0.4, -0.2) is 26.4 Å². The largest absolute Gasteiger partial charge is 0.497 e. The highest BCUT2D eigenvalue weighted by Gasteiger charge is 2.50. The van der Waals surface area contributed by atoms with Crippen molar-refractivity contribution in [3.05, 3.63) is 70.9 Å². The first-order valence-electron chi connectivity index (χ1n) is 8.90. The Morgan fingerprint density at radius 2 is 1.85 bits per heavy atom. The van der Waals surface area contributed by atoms with Gasteiger partial charge in [0.1, 0.15) is 11.3 Å². The third kappa shape index (κ3) is 2.84. The van der Waals surface area contributed by atoms with E-state index in [0.717, 1.165) is 28.0 Å². The number of sulfonamides is 1. The van der Waals surface area contributed by atoms with Gasteiger partial charge in [-0.15, -0.1) is 0 Å². The molecule has 1 atom stereocenters. The minimum atomic E-state index is -3.71. The van der Waals surface area contributed by atoms with E-state index in [1.165, 1.54) is 4.31 Å². The molecule has 0 fully saturated rings. The quantitative estimate of drug-likeness (QED) is 0.808. The molecule has 2 aromatic carbocycles. The Morgan fingerprint density at radius 1 is 1.11 bits per heavy atom. The lowest BCUT2D eigenvalue weighted by Gasteiger charge is -2.42. The van der Waals surface area contributed by atoms with Gasteiger partial charge in [-0.3, -0.25) is 4.31 Å². The average Bonchev–Trinajstić information content (AvgIpc) is 2.99. The van der Waals surface area contributed by atoms with E-state index in [1.807, 2.05) is 44.2 Å². The Morgan fingerprint density at radius 3 is 2.56 bits per heavy atom. The number of nitrogens with zero attached hydrogens (tertiary/aromatic N) is 1. The van der Waals surface area contributed by atoms with Crippen LogP contribution < -0.4 is 4.74 Å². The topological polar surface area (TPSA) is 55.8 Å². The highest BCUT2D eigenvalue weighted by molar-refractivity contribution is 7.89. The summed E-state index contributed by atoms with van der Waals surface area (Å²) in [4.78, 5) is 0.291. The van der Waals surface area contributed by atoms with Crippen LogP contribution in [0, 0.1) is 6.92 Å². The summed E-state index contributed by atoms with van der Waals surface area (Å²) in [5, 5.41) is 0. The van der Waals surface area contributed by atoms with E-state index in [9.17, 15) is 8.42 Å². The van der Waals surface area contributed by atoms with Gasteiger partial charge in [-0.05, 0) is 49.2 Å². The lowest BCUT2D eigenvalue weighted by atomic mass is 9.83. The highest BCUT2D eigenvalue weighted by Crippen LogP contribution is 2.48. The number of rotatable bonds is 3. The molecule has 0 amide bonds. The minimum Gasteiger partial charge on any atom is -0.497 e. The molecular formula is C21H23NO4S. The van der Waals surface area contributed by atoms with Gasteiger partial charge in [0.25, 0.3) is 10.0 Å². The fourth-order valence-electron chi connectivity index (χ4n) is 4.04. The molecule has 1 spiro atoms. The zero-order chi connectivity index (χ0) is 19.2. The van der Waals surface area contributed by atoms with E-state index in [-0.39, 0.29) is 0 Å². The molecule has 2 aromatic rings. The van der Waals surface area contributed by atoms with Crippen LogP contribution in [0.3, 0.4) is 0 Å². The molecule has 5 nitrogen and oxygen atoms in total. The van der Waals surface area contributed by atoms with Crippen LogP contribution in [0.5, 0.6) is 5.75 Å². The standard InChI is InChI=1S/C21H23NO4S/c1-15-4-7-19(8-5-15)27(23,24)22-12-16(2)11-21(22)14-26-13-17-10-18(25-3)6-9-20(17)21/h4-10,12H,11,13-14H2,1-3H3. The predicted molar refractivity (Wildman–Crippen MR) is 103 cm³/mol.